The SMILES string of the molecule is CCCc1nc(Cl)c(C)c(NC(C)C2CCCCC2)n1. The zero-order valence-electron chi connectivity index (χ0n) is 12.9. The Bertz CT molecular complexity index is 442. The highest BCUT2D eigenvalue weighted by molar-refractivity contribution is 6.30. The maximum atomic E-state index is 6.23. The molecular weight excluding hydrogens is 270 g/mol. The van der Waals surface area contributed by atoms with Crippen molar-refractivity contribution in [3.05, 3.63) is 16.5 Å². The molecule has 112 valence electrons. The molecule has 1 aromatic heterocycles. The van der Waals surface area contributed by atoms with Gasteiger partial charge in [-0.3, -0.25) is 0 Å². The van der Waals surface area contributed by atoms with Crippen molar-refractivity contribution >= 4 is 17.4 Å². The minimum atomic E-state index is 0.453. The van der Waals surface area contributed by atoms with Crippen molar-refractivity contribution in [2.75, 3.05) is 5.32 Å². The molecule has 1 aromatic rings. The van der Waals surface area contributed by atoms with Gasteiger partial charge in [-0.1, -0.05) is 37.8 Å². The standard InChI is InChI=1S/C16H26ClN3/c1-4-8-14-19-15(17)11(2)16(20-14)18-12(3)13-9-6-5-7-10-13/h12-13H,4-10H2,1-3H3,(H,18,19,20). The lowest BCUT2D eigenvalue weighted by Crippen LogP contribution is -2.28. The maximum Gasteiger partial charge on any atom is 0.137 e. The quantitative estimate of drug-likeness (QED) is 0.795. The second-order valence-electron chi connectivity index (χ2n) is 5.99. The molecule has 1 fully saturated rings. The van der Waals surface area contributed by atoms with Crippen LogP contribution in [0.15, 0.2) is 0 Å². The van der Waals surface area contributed by atoms with Crippen LogP contribution >= 0.6 is 11.6 Å². The van der Waals surface area contributed by atoms with Crippen molar-refractivity contribution in [1.29, 1.82) is 0 Å². The first-order valence-electron chi connectivity index (χ1n) is 7.91. The number of nitrogens with zero attached hydrogens (tertiary/aromatic N) is 2. The van der Waals surface area contributed by atoms with Gasteiger partial charge in [-0.25, -0.2) is 9.97 Å². The highest BCUT2D eigenvalue weighted by Crippen LogP contribution is 2.29. The third-order valence-electron chi connectivity index (χ3n) is 4.33. The lowest BCUT2D eigenvalue weighted by molar-refractivity contribution is 0.328. The molecule has 20 heavy (non-hydrogen) atoms. The monoisotopic (exact) mass is 295 g/mol. The zero-order valence-corrected chi connectivity index (χ0v) is 13.6. The lowest BCUT2D eigenvalue weighted by atomic mass is 9.84. The van der Waals surface area contributed by atoms with Gasteiger partial charge < -0.3 is 5.32 Å². The number of hydrogen-bond acceptors (Lipinski definition) is 3. The predicted molar refractivity (Wildman–Crippen MR) is 85.4 cm³/mol. The van der Waals surface area contributed by atoms with Crippen molar-refractivity contribution in [1.82, 2.24) is 9.97 Å². The Hall–Kier alpha value is -0.830. The molecule has 1 N–H and O–H groups in total. The summed E-state index contributed by atoms with van der Waals surface area (Å²) in [5.74, 6) is 2.53. The van der Waals surface area contributed by atoms with Crippen molar-refractivity contribution in [2.24, 2.45) is 5.92 Å². The Labute approximate surface area is 127 Å². The third kappa shape index (κ3) is 3.85. The van der Waals surface area contributed by atoms with Gasteiger partial charge in [-0.05, 0) is 39.0 Å². The normalized spacial score (nSPS) is 18.0. The Balaban J connectivity index is 2.10. The Morgan fingerprint density at radius 2 is 1.95 bits per heavy atom. The van der Waals surface area contributed by atoms with E-state index in [4.69, 9.17) is 11.6 Å². The summed E-state index contributed by atoms with van der Waals surface area (Å²) in [6, 6.07) is 0.453. The summed E-state index contributed by atoms with van der Waals surface area (Å²) in [6.45, 7) is 6.40. The fourth-order valence-electron chi connectivity index (χ4n) is 2.98. The number of nitrogens with one attached hydrogen (secondary N) is 1. The fourth-order valence-corrected chi connectivity index (χ4v) is 3.16. The van der Waals surface area contributed by atoms with Crippen LogP contribution in [0.1, 0.15) is 63.8 Å². The second-order valence-corrected chi connectivity index (χ2v) is 6.34. The average molecular weight is 296 g/mol. The zero-order chi connectivity index (χ0) is 14.5. The summed E-state index contributed by atoms with van der Waals surface area (Å²) in [5, 5.41) is 4.17. The number of rotatable bonds is 5. The van der Waals surface area contributed by atoms with Crippen LogP contribution in [0.4, 0.5) is 5.82 Å². The highest BCUT2D eigenvalue weighted by atomic mass is 35.5. The Morgan fingerprint density at radius 1 is 1.25 bits per heavy atom. The first-order chi connectivity index (χ1) is 9.61. The van der Waals surface area contributed by atoms with Gasteiger partial charge in [0.05, 0.1) is 0 Å². The van der Waals surface area contributed by atoms with E-state index in [9.17, 15) is 0 Å². The Morgan fingerprint density at radius 3 is 2.60 bits per heavy atom. The van der Waals surface area contributed by atoms with Crippen LogP contribution < -0.4 is 5.32 Å². The number of aromatic nitrogens is 2. The molecule has 1 aliphatic rings. The van der Waals surface area contributed by atoms with Gasteiger partial charge >= 0.3 is 0 Å². The molecule has 2 rings (SSSR count). The minimum absolute atomic E-state index is 0.453. The van der Waals surface area contributed by atoms with Crippen LogP contribution in [-0.2, 0) is 6.42 Å². The van der Waals surface area contributed by atoms with Gasteiger partial charge in [-0.15, -0.1) is 0 Å². The topological polar surface area (TPSA) is 37.8 Å². The molecule has 1 heterocycles. The molecule has 0 spiro atoms. The molecule has 0 radical (unpaired) electrons. The van der Waals surface area contributed by atoms with Gasteiger partial charge in [0.15, 0.2) is 0 Å². The minimum Gasteiger partial charge on any atom is -0.367 e. The second kappa shape index (κ2) is 7.26. The molecule has 3 nitrogen and oxygen atoms in total. The lowest BCUT2D eigenvalue weighted by Gasteiger charge is -2.29. The van der Waals surface area contributed by atoms with Crippen LogP contribution in [0.3, 0.4) is 0 Å². The molecule has 0 amide bonds. The van der Waals surface area contributed by atoms with Crippen LogP contribution in [0.2, 0.25) is 5.15 Å². The molecular formula is C16H26ClN3. The van der Waals surface area contributed by atoms with E-state index >= 15 is 0 Å². The largest absolute Gasteiger partial charge is 0.367 e. The van der Waals surface area contributed by atoms with Crippen molar-refractivity contribution in [2.45, 2.75) is 71.8 Å². The molecule has 1 unspecified atom stereocenters. The number of halogens is 1. The third-order valence-corrected chi connectivity index (χ3v) is 4.70. The number of anilines is 1. The number of hydrogen-bond donors (Lipinski definition) is 1. The number of aryl methyl sites for hydroxylation is 1. The summed E-state index contributed by atoms with van der Waals surface area (Å²) in [4.78, 5) is 9.01. The molecule has 4 heteroatoms. The summed E-state index contributed by atoms with van der Waals surface area (Å²) in [7, 11) is 0. The van der Waals surface area contributed by atoms with Gasteiger partial charge in [-0.2, -0.15) is 0 Å². The van der Waals surface area contributed by atoms with Gasteiger partial charge in [0.2, 0.25) is 0 Å². The summed E-state index contributed by atoms with van der Waals surface area (Å²) >= 11 is 6.23. The van der Waals surface area contributed by atoms with Crippen LogP contribution in [-0.4, -0.2) is 16.0 Å². The average Bonchev–Trinajstić information content (AvgIpc) is 2.45. The van der Waals surface area contributed by atoms with E-state index in [0.29, 0.717) is 11.2 Å². The van der Waals surface area contributed by atoms with Crippen LogP contribution in [0.25, 0.3) is 0 Å². The van der Waals surface area contributed by atoms with Crippen molar-refractivity contribution in [3.8, 4) is 0 Å². The van der Waals surface area contributed by atoms with Crippen LogP contribution in [0.5, 0.6) is 0 Å². The molecule has 1 saturated carbocycles. The van der Waals surface area contributed by atoms with Gasteiger partial charge in [0.25, 0.3) is 0 Å². The van der Waals surface area contributed by atoms with E-state index in [0.717, 1.165) is 36.0 Å². The summed E-state index contributed by atoms with van der Waals surface area (Å²) in [6.07, 6.45) is 8.69. The highest BCUT2D eigenvalue weighted by Gasteiger charge is 2.21. The Kier molecular flexibility index (Phi) is 5.64. The van der Waals surface area contributed by atoms with Crippen LogP contribution in [0, 0.1) is 12.8 Å². The van der Waals surface area contributed by atoms with E-state index in [2.05, 4.69) is 29.1 Å². The fraction of sp³-hybridized carbons (Fsp3) is 0.750. The van der Waals surface area contributed by atoms with E-state index in [-0.39, 0.29) is 0 Å². The summed E-state index contributed by atoms with van der Waals surface area (Å²) < 4.78 is 0. The van der Waals surface area contributed by atoms with E-state index in [1.165, 1.54) is 32.1 Å². The molecule has 0 aromatic carbocycles. The van der Waals surface area contributed by atoms with Crippen molar-refractivity contribution < 1.29 is 0 Å². The van der Waals surface area contributed by atoms with Gasteiger partial charge in [0.1, 0.15) is 16.8 Å². The molecule has 0 aliphatic heterocycles. The summed E-state index contributed by atoms with van der Waals surface area (Å²) in [5.41, 5.74) is 0.967. The molecule has 0 bridgehead atoms. The first-order valence-corrected chi connectivity index (χ1v) is 8.29. The maximum absolute atomic E-state index is 6.23. The van der Waals surface area contributed by atoms with Crippen molar-refractivity contribution in [3.63, 3.8) is 0 Å². The van der Waals surface area contributed by atoms with E-state index in [1.54, 1.807) is 0 Å². The first kappa shape index (κ1) is 15.6. The predicted octanol–water partition coefficient (Wildman–Crippen LogP) is 4.77. The van der Waals surface area contributed by atoms with E-state index in [1.807, 2.05) is 6.92 Å². The van der Waals surface area contributed by atoms with E-state index < -0.39 is 0 Å². The molecule has 1 atom stereocenters. The van der Waals surface area contributed by atoms with Gasteiger partial charge in [0, 0.05) is 18.0 Å². The molecule has 0 saturated heterocycles. The smallest absolute Gasteiger partial charge is 0.137 e. The molecule has 1 aliphatic carbocycles.